The lowest BCUT2D eigenvalue weighted by Crippen LogP contribution is -2.30. The maximum Gasteiger partial charge on any atom is 0.488 e. The van der Waals surface area contributed by atoms with Gasteiger partial charge < -0.3 is 10.0 Å². The summed E-state index contributed by atoms with van der Waals surface area (Å²) in [4.78, 5) is -0.118. The molecule has 0 aliphatic heterocycles. The van der Waals surface area contributed by atoms with E-state index in [1.165, 1.54) is 30.3 Å². The molecule has 0 fully saturated rings. The van der Waals surface area contributed by atoms with Gasteiger partial charge in [0.25, 0.3) is 10.0 Å². The SMILES string of the molecule is O=S(=O)(Nc1ccc(F)cc1)c1cccc(B(O)O)c1. The number of nitrogens with one attached hydrogen (secondary N) is 1. The lowest BCUT2D eigenvalue weighted by Gasteiger charge is -2.09. The van der Waals surface area contributed by atoms with Gasteiger partial charge in [-0.25, -0.2) is 12.8 Å². The van der Waals surface area contributed by atoms with Crippen molar-refractivity contribution < 1.29 is 22.9 Å². The average molecular weight is 295 g/mol. The molecule has 0 amide bonds. The van der Waals surface area contributed by atoms with E-state index in [-0.39, 0.29) is 16.0 Å². The predicted octanol–water partition coefficient (Wildman–Crippen LogP) is 0.306. The third-order valence-electron chi connectivity index (χ3n) is 2.56. The summed E-state index contributed by atoms with van der Waals surface area (Å²) in [6.07, 6.45) is 0. The third-order valence-corrected chi connectivity index (χ3v) is 3.94. The van der Waals surface area contributed by atoms with E-state index in [0.717, 1.165) is 18.2 Å². The van der Waals surface area contributed by atoms with E-state index in [1.807, 2.05) is 0 Å². The van der Waals surface area contributed by atoms with Gasteiger partial charge in [0.1, 0.15) is 5.82 Å². The summed E-state index contributed by atoms with van der Waals surface area (Å²) >= 11 is 0. The van der Waals surface area contributed by atoms with Crippen LogP contribution in [0.1, 0.15) is 0 Å². The van der Waals surface area contributed by atoms with Gasteiger partial charge in [-0.1, -0.05) is 12.1 Å². The summed E-state index contributed by atoms with van der Waals surface area (Å²) in [5, 5.41) is 18.1. The van der Waals surface area contributed by atoms with Gasteiger partial charge in [0, 0.05) is 5.69 Å². The molecule has 0 atom stereocenters. The molecule has 0 spiro atoms. The van der Waals surface area contributed by atoms with Crippen molar-refractivity contribution in [3.8, 4) is 0 Å². The summed E-state index contributed by atoms with van der Waals surface area (Å²) in [7, 11) is -5.63. The number of hydrogen-bond acceptors (Lipinski definition) is 4. The molecule has 0 unspecified atom stereocenters. The molecule has 8 heteroatoms. The fraction of sp³-hybridized carbons (Fsp3) is 0. The molecule has 2 rings (SSSR count). The number of hydrogen-bond donors (Lipinski definition) is 3. The van der Waals surface area contributed by atoms with Crippen LogP contribution in [-0.2, 0) is 10.0 Å². The second-order valence-corrected chi connectivity index (χ2v) is 5.74. The zero-order valence-corrected chi connectivity index (χ0v) is 11.0. The van der Waals surface area contributed by atoms with E-state index < -0.39 is 23.0 Å². The van der Waals surface area contributed by atoms with Gasteiger partial charge in [-0.2, -0.15) is 0 Å². The first kappa shape index (κ1) is 14.5. The zero-order chi connectivity index (χ0) is 14.8. The molecule has 0 heterocycles. The van der Waals surface area contributed by atoms with Crippen LogP contribution in [0.4, 0.5) is 10.1 Å². The van der Waals surface area contributed by atoms with Gasteiger partial charge in [-0.15, -0.1) is 0 Å². The number of benzene rings is 2. The highest BCUT2D eigenvalue weighted by atomic mass is 32.2. The second kappa shape index (κ2) is 5.62. The maximum absolute atomic E-state index is 12.8. The Morgan fingerprint density at radius 1 is 1.05 bits per heavy atom. The molecule has 0 saturated carbocycles. The first-order valence-corrected chi connectivity index (χ1v) is 7.11. The molecule has 0 aromatic heterocycles. The second-order valence-electron chi connectivity index (χ2n) is 4.06. The Morgan fingerprint density at radius 3 is 2.30 bits per heavy atom. The van der Waals surface area contributed by atoms with Gasteiger partial charge in [-0.05, 0) is 41.9 Å². The lowest BCUT2D eigenvalue weighted by atomic mass is 9.81. The molecule has 0 bridgehead atoms. The molecular formula is C12H11BFNO4S. The Morgan fingerprint density at radius 2 is 1.70 bits per heavy atom. The average Bonchev–Trinajstić information content (AvgIpc) is 2.41. The van der Waals surface area contributed by atoms with Crippen LogP contribution in [-0.4, -0.2) is 25.6 Å². The van der Waals surface area contributed by atoms with Crippen molar-refractivity contribution in [2.24, 2.45) is 0 Å². The first-order chi connectivity index (χ1) is 9.38. The van der Waals surface area contributed by atoms with E-state index in [4.69, 9.17) is 10.0 Å². The van der Waals surface area contributed by atoms with Crippen molar-refractivity contribution in [2.45, 2.75) is 4.90 Å². The number of anilines is 1. The molecule has 0 aliphatic rings. The monoisotopic (exact) mass is 295 g/mol. The summed E-state index contributed by atoms with van der Waals surface area (Å²) in [6, 6.07) is 10.1. The van der Waals surface area contributed by atoms with Crippen LogP contribution < -0.4 is 10.2 Å². The summed E-state index contributed by atoms with van der Waals surface area (Å²) in [6.45, 7) is 0. The minimum absolute atomic E-state index is 0.0620. The van der Waals surface area contributed by atoms with Gasteiger partial charge in [0.05, 0.1) is 4.90 Å². The van der Waals surface area contributed by atoms with Crippen LogP contribution in [0.2, 0.25) is 0 Å². The number of rotatable bonds is 4. The highest BCUT2D eigenvalue weighted by Gasteiger charge is 2.18. The van der Waals surface area contributed by atoms with E-state index in [1.54, 1.807) is 0 Å². The van der Waals surface area contributed by atoms with Crippen molar-refractivity contribution in [3.05, 3.63) is 54.3 Å². The van der Waals surface area contributed by atoms with Gasteiger partial charge in [0.2, 0.25) is 0 Å². The Hall–Kier alpha value is -1.90. The van der Waals surface area contributed by atoms with Gasteiger partial charge in [0.15, 0.2) is 0 Å². The van der Waals surface area contributed by atoms with Crippen molar-refractivity contribution in [3.63, 3.8) is 0 Å². The Balaban J connectivity index is 2.30. The summed E-state index contributed by atoms with van der Waals surface area (Å²) < 4.78 is 39.2. The smallest absolute Gasteiger partial charge is 0.423 e. The zero-order valence-electron chi connectivity index (χ0n) is 10.2. The quantitative estimate of drug-likeness (QED) is 0.708. The molecule has 2 aromatic rings. The van der Waals surface area contributed by atoms with Crippen LogP contribution in [0.15, 0.2) is 53.4 Å². The Kier molecular flexibility index (Phi) is 4.08. The standard InChI is InChI=1S/C12H11BFNO4S/c14-10-4-6-11(7-5-10)15-20(18,19)12-3-1-2-9(8-12)13(16)17/h1-8,15-17H. The highest BCUT2D eigenvalue weighted by molar-refractivity contribution is 7.92. The van der Waals surface area contributed by atoms with Gasteiger partial charge in [-0.3, -0.25) is 4.72 Å². The Bertz CT molecular complexity index is 704. The first-order valence-electron chi connectivity index (χ1n) is 5.63. The van der Waals surface area contributed by atoms with Crippen LogP contribution in [0.25, 0.3) is 0 Å². The number of halogens is 1. The maximum atomic E-state index is 12.8. The molecule has 0 saturated heterocycles. The summed E-state index contributed by atoms with van der Waals surface area (Å²) in [5.74, 6) is -0.474. The van der Waals surface area contributed by atoms with Gasteiger partial charge >= 0.3 is 7.12 Å². The largest absolute Gasteiger partial charge is 0.488 e. The predicted molar refractivity (Wildman–Crippen MR) is 73.5 cm³/mol. The fourth-order valence-electron chi connectivity index (χ4n) is 1.57. The van der Waals surface area contributed by atoms with Crippen LogP contribution in [0.5, 0.6) is 0 Å². The van der Waals surface area contributed by atoms with Crippen molar-refractivity contribution >= 4 is 28.3 Å². The highest BCUT2D eigenvalue weighted by Crippen LogP contribution is 2.15. The molecule has 104 valence electrons. The molecular weight excluding hydrogens is 284 g/mol. The topological polar surface area (TPSA) is 86.6 Å². The molecule has 3 N–H and O–H groups in total. The molecule has 20 heavy (non-hydrogen) atoms. The minimum Gasteiger partial charge on any atom is -0.423 e. The van der Waals surface area contributed by atoms with Crippen molar-refractivity contribution in [1.82, 2.24) is 0 Å². The molecule has 0 radical (unpaired) electrons. The summed E-state index contributed by atoms with van der Waals surface area (Å²) in [5.41, 5.74) is 0.272. The van der Waals surface area contributed by atoms with Crippen LogP contribution >= 0.6 is 0 Å². The molecule has 5 nitrogen and oxygen atoms in total. The number of sulfonamides is 1. The van der Waals surface area contributed by atoms with Crippen molar-refractivity contribution in [1.29, 1.82) is 0 Å². The third kappa shape index (κ3) is 3.35. The molecule has 2 aromatic carbocycles. The van der Waals surface area contributed by atoms with E-state index in [0.29, 0.717) is 0 Å². The fourth-order valence-corrected chi connectivity index (χ4v) is 2.69. The Labute approximate surface area is 115 Å². The van der Waals surface area contributed by atoms with E-state index in [9.17, 15) is 12.8 Å². The van der Waals surface area contributed by atoms with Crippen LogP contribution in [0.3, 0.4) is 0 Å². The van der Waals surface area contributed by atoms with E-state index in [2.05, 4.69) is 4.72 Å². The van der Waals surface area contributed by atoms with E-state index >= 15 is 0 Å². The lowest BCUT2D eigenvalue weighted by molar-refractivity contribution is 0.425. The minimum atomic E-state index is -3.88. The molecule has 0 aliphatic carbocycles. The normalized spacial score (nSPS) is 11.2. The van der Waals surface area contributed by atoms with Crippen molar-refractivity contribution in [2.75, 3.05) is 4.72 Å². The van der Waals surface area contributed by atoms with Crippen LogP contribution in [0, 0.1) is 5.82 Å².